The predicted octanol–water partition coefficient (Wildman–Crippen LogP) is 3.42. The molecule has 0 aromatic carbocycles. The summed E-state index contributed by atoms with van der Waals surface area (Å²) in [6.07, 6.45) is 4.41. The lowest BCUT2D eigenvalue weighted by molar-refractivity contribution is 0.101. The van der Waals surface area contributed by atoms with Gasteiger partial charge in [0, 0.05) is 16.1 Å². The Bertz CT molecular complexity index is 734. The topological polar surface area (TPSA) is 74.8 Å². The van der Waals surface area contributed by atoms with E-state index < -0.39 is 0 Å². The summed E-state index contributed by atoms with van der Waals surface area (Å²) in [5.41, 5.74) is 3.59. The van der Waals surface area contributed by atoms with Crippen LogP contribution in [-0.2, 0) is 12.8 Å². The Morgan fingerprint density at radius 3 is 2.59 bits per heavy atom. The summed E-state index contributed by atoms with van der Waals surface area (Å²) in [5.74, 6) is -0.269. The highest BCUT2D eigenvalue weighted by molar-refractivity contribution is 7.15. The van der Waals surface area contributed by atoms with E-state index in [-0.39, 0.29) is 11.7 Å². The summed E-state index contributed by atoms with van der Waals surface area (Å²) in [6.45, 7) is 5.12. The standard InChI is InChI=1S/C16H19N3O2S/c1-8-13(10(3)20)9(2)17-14(8)15(21)19-16-18-11-6-4-5-7-12(11)22-16/h17H,4-7H2,1-3H3,(H,18,19,21). The molecular formula is C16H19N3O2S. The Kier molecular flexibility index (Phi) is 3.87. The fourth-order valence-corrected chi connectivity index (χ4v) is 4.12. The van der Waals surface area contributed by atoms with Crippen LogP contribution in [0.15, 0.2) is 0 Å². The van der Waals surface area contributed by atoms with E-state index in [2.05, 4.69) is 15.3 Å². The number of fused-ring (bicyclic) bond motifs is 1. The van der Waals surface area contributed by atoms with Crippen molar-refractivity contribution < 1.29 is 9.59 Å². The quantitative estimate of drug-likeness (QED) is 0.852. The number of aromatic amines is 1. The van der Waals surface area contributed by atoms with Crippen molar-refractivity contribution in [2.45, 2.75) is 46.5 Å². The van der Waals surface area contributed by atoms with Crippen LogP contribution in [0.2, 0.25) is 0 Å². The molecule has 3 rings (SSSR count). The second-order valence-electron chi connectivity index (χ2n) is 5.73. The molecule has 0 saturated carbocycles. The van der Waals surface area contributed by atoms with Crippen molar-refractivity contribution in [3.8, 4) is 0 Å². The Balaban J connectivity index is 1.84. The number of amides is 1. The molecule has 0 spiro atoms. The maximum atomic E-state index is 12.4. The van der Waals surface area contributed by atoms with Crippen LogP contribution in [0.3, 0.4) is 0 Å². The predicted molar refractivity (Wildman–Crippen MR) is 87.0 cm³/mol. The van der Waals surface area contributed by atoms with E-state index in [1.165, 1.54) is 24.6 Å². The maximum absolute atomic E-state index is 12.4. The van der Waals surface area contributed by atoms with Gasteiger partial charge in [-0.1, -0.05) is 0 Å². The van der Waals surface area contributed by atoms with Gasteiger partial charge in [0.25, 0.3) is 5.91 Å². The molecule has 6 heteroatoms. The number of ketones is 1. The van der Waals surface area contributed by atoms with E-state index in [4.69, 9.17) is 0 Å². The molecule has 116 valence electrons. The van der Waals surface area contributed by atoms with Crippen molar-refractivity contribution in [3.63, 3.8) is 0 Å². The maximum Gasteiger partial charge on any atom is 0.274 e. The fourth-order valence-electron chi connectivity index (χ4n) is 3.07. The molecule has 0 unspecified atom stereocenters. The van der Waals surface area contributed by atoms with E-state index in [1.807, 2.05) is 6.92 Å². The van der Waals surface area contributed by atoms with Crippen LogP contribution >= 0.6 is 11.3 Å². The number of thiazole rings is 1. The third kappa shape index (κ3) is 2.59. The van der Waals surface area contributed by atoms with Crippen LogP contribution in [0, 0.1) is 13.8 Å². The average molecular weight is 317 g/mol. The zero-order chi connectivity index (χ0) is 15.9. The molecule has 2 aromatic heterocycles. The van der Waals surface area contributed by atoms with E-state index >= 15 is 0 Å². The summed E-state index contributed by atoms with van der Waals surface area (Å²) in [5, 5.41) is 3.51. The van der Waals surface area contributed by atoms with E-state index in [9.17, 15) is 9.59 Å². The summed E-state index contributed by atoms with van der Waals surface area (Å²) in [7, 11) is 0. The summed E-state index contributed by atoms with van der Waals surface area (Å²) < 4.78 is 0. The third-order valence-corrected chi connectivity index (χ3v) is 5.16. The van der Waals surface area contributed by atoms with Crippen LogP contribution in [0.1, 0.15) is 62.4 Å². The van der Waals surface area contributed by atoms with Crippen molar-refractivity contribution in [3.05, 3.63) is 33.1 Å². The van der Waals surface area contributed by atoms with Crippen molar-refractivity contribution in [2.75, 3.05) is 5.32 Å². The molecule has 1 aliphatic carbocycles. The zero-order valence-corrected chi connectivity index (χ0v) is 13.8. The van der Waals surface area contributed by atoms with Gasteiger partial charge < -0.3 is 4.98 Å². The minimum absolute atomic E-state index is 0.0324. The van der Waals surface area contributed by atoms with Crippen molar-refractivity contribution in [1.82, 2.24) is 9.97 Å². The zero-order valence-electron chi connectivity index (χ0n) is 13.0. The Morgan fingerprint density at radius 1 is 1.23 bits per heavy atom. The fraction of sp³-hybridized carbons (Fsp3) is 0.438. The van der Waals surface area contributed by atoms with Gasteiger partial charge in [0.15, 0.2) is 10.9 Å². The summed E-state index contributed by atoms with van der Waals surface area (Å²) in [6, 6.07) is 0. The number of rotatable bonds is 3. The minimum atomic E-state index is -0.237. The lowest BCUT2D eigenvalue weighted by atomic mass is 10.0. The molecular weight excluding hydrogens is 298 g/mol. The SMILES string of the molecule is CC(=O)c1c(C)[nH]c(C(=O)Nc2nc3c(s2)CCCC3)c1C. The van der Waals surface area contributed by atoms with Crippen LogP contribution in [-0.4, -0.2) is 21.7 Å². The van der Waals surface area contributed by atoms with Gasteiger partial charge in [-0.2, -0.15) is 0 Å². The number of H-pyrrole nitrogens is 1. The van der Waals surface area contributed by atoms with Gasteiger partial charge in [0.05, 0.1) is 5.69 Å². The normalized spacial score (nSPS) is 13.8. The molecule has 2 heterocycles. The second-order valence-corrected chi connectivity index (χ2v) is 6.81. The number of Topliss-reactive ketones (excluding diaryl/α,β-unsaturated/α-hetero) is 1. The first-order chi connectivity index (χ1) is 10.5. The smallest absolute Gasteiger partial charge is 0.274 e. The molecule has 2 N–H and O–H groups in total. The highest BCUT2D eigenvalue weighted by Gasteiger charge is 2.22. The molecule has 0 bridgehead atoms. The number of hydrogen-bond donors (Lipinski definition) is 2. The Hall–Kier alpha value is -1.95. The van der Waals surface area contributed by atoms with Gasteiger partial charge in [-0.25, -0.2) is 4.98 Å². The third-order valence-electron chi connectivity index (χ3n) is 4.08. The molecule has 0 saturated heterocycles. The first-order valence-electron chi connectivity index (χ1n) is 7.47. The van der Waals surface area contributed by atoms with Gasteiger partial charge >= 0.3 is 0 Å². The lowest BCUT2D eigenvalue weighted by Gasteiger charge is -2.06. The number of aryl methyl sites for hydroxylation is 3. The lowest BCUT2D eigenvalue weighted by Crippen LogP contribution is -2.13. The van der Waals surface area contributed by atoms with Crippen LogP contribution in [0.25, 0.3) is 0 Å². The molecule has 1 amide bonds. The minimum Gasteiger partial charge on any atom is -0.354 e. The van der Waals surface area contributed by atoms with E-state index in [0.717, 1.165) is 24.2 Å². The molecule has 1 aliphatic rings. The first-order valence-corrected chi connectivity index (χ1v) is 8.29. The van der Waals surface area contributed by atoms with Gasteiger partial charge in [0.1, 0.15) is 5.69 Å². The van der Waals surface area contributed by atoms with E-state index in [0.29, 0.717) is 22.0 Å². The summed E-state index contributed by atoms with van der Waals surface area (Å²) in [4.78, 5) is 32.9. The number of aromatic nitrogens is 2. The molecule has 0 fully saturated rings. The van der Waals surface area contributed by atoms with Crippen LogP contribution < -0.4 is 5.32 Å². The number of carbonyl (C=O) groups excluding carboxylic acids is 2. The number of nitrogens with one attached hydrogen (secondary N) is 2. The number of anilines is 1. The van der Waals surface area contributed by atoms with Gasteiger partial charge in [-0.05, 0) is 52.0 Å². The molecule has 5 nitrogen and oxygen atoms in total. The van der Waals surface area contributed by atoms with Crippen LogP contribution in [0.4, 0.5) is 5.13 Å². The van der Waals surface area contributed by atoms with E-state index in [1.54, 1.807) is 18.3 Å². The molecule has 2 aromatic rings. The number of carbonyl (C=O) groups is 2. The summed E-state index contributed by atoms with van der Waals surface area (Å²) >= 11 is 1.56. The highest BCUT2D eigenvalue weighted by Crippen LogP contribution is 2.30. The molecule has 0 radical (unpaired) electrons. The van der Waals surface area contributed by atoms with Gasteiger partial charge in [0.2, 0.25) is 0 Å². The van der Waals surface area contributed by atoms with Crippen LogP contribution in [0.5, 0.6) is 0 Å². The average Bonchev–Trinajstić information content (AvgIpc) is 2.98. The Morgan fingerprint density at radius 2 is 1.95 bits per heavy atom. The Labute approximate surface area is 133 Å². The van der Waals surface area contributed by atoms with Crippen molar-refractivity contribution in [1.29, 1.82) is 0 Å². The number of hydrogen-bond acceptors (Lipinski definition) is 4. The van der Waals surface area contributed by atoms with Gasteiger partial charge in [-0.15, -0.1) is 11.3 Å². The molecule has 22 heavy (non-hydrogen) atoms. The monoisotopic (exact) mass is 317 g/mol. The largest absolute Gasteiger partial charge is 0.354 e. The molecule has 0 aliphatic heterocycles. The number of nitrogens with zero attached hydrogens (tertiary/aromatic N) is 1. The highest BCUT2D eigenvalue weighted by atomic mass is 32.1. The van der Waals surface area contributed by atoms with Gasteiger partial charge in [-0.3, -0.25) is 14.9 Å². The first kappa shape index (κ1) is 15.0. The van der Waals surface area contributed by atoms with Crippen molar-refractivity contribution >= 4 is 28.2 Å². The molecule has 0 atom stereocenters. The second kappa shape index (κ2) is 5.68. The van der Waals surface area contributed by atoms with Crippen molar-refractivity contribution in [2.24, 2.45) is 0 Å².